The second-order valence-electron chi connectivity index (χ2n) is 3.55. The standard InChI is InChI=1S/C12H8N2O2/c15-12(16)10-5-4-8-6-7-14(11(8)13-10)9-2-1-3-9/h1-7H,(H,15,16). The van der Waals surface area contributed by atoms with Gasteiger partial charge in [0.1, 0.15) is 5.65 Å². The van der Waals surface area contributed by atoms with Gasteiger partial charge in [0, 0.05) is 17.3 Å². The molecule has 4 heteroatoms. The highest BCUT2D eigenvalue weighted by Crippen LogP contribution is 2.22. The van der Waals surface area contributed by atoms with Gasteiger partial charge in [-0.25, -0.2) is 9.78 Å². The van der Waals surface area contributed by atoms with Crippen LogP contribution < -0.4 is 0 Å². The van der Waals surface area contributed by atoms with Crippen LogP contribution in [0, 0.1) is 0 Å². The summed E-state index contributed by atoms with van der Waals surface area (Å²) >= 11 is 0. The molecule has 0 spiro atoms. The highest BCUT2D eigenvalue weighted by molar-refractivity contribution is 5.90. The molecule has 0 fully saturated rings. The van der Waals surface area contributed by atoms with Gasteiger partial charge >= 0.3 is 5.97 Å². The van der Waals surface area contributed by atoms with E-state index in [0.717, 1.165) is 11.1 Å². The van der Waals surface area contributed by atoms with Crippen molar-refractivity contribution in [3.8, 4) is 0 Å². The molecule has 1 aliphatic rings. The summed E-state index contributed by atoms with van der Waals surface area (Å²) in [5.74, 6) is -1.01. The van der Waals surface area contributed by atoms with E-state index in [2.05, 4.69) is 4.98 Å². The van der Waals surface area contributed by atoms with Crippen LogP contribution in [-0.2, 0) is 0 Å². The van der Waals surface area contributed by atoms with Gasteiger partial charge in [0.25, 0.3) is 0 Å². The zero-order valence-electron chi connectivity index (χ0n) is 8.29. The monoisotopic (exact) mass is 212 g/mol. The number of aromatic carboxylic acids is 1. The maximum atomic E-state index is 10.8. The summed E-state index contributed by atoms with van der Waals surface area (Å²) in [6, 6.07) is 5.20. The van der Waals surface area contributed by atoms with E-state index in [1.54, 1.807) is 6.07 Å². The molecule has 0 amide bonds. The fraction of sp³-hybridized carbons (Fsp3) is 0. The van der Waals surface area contributed by atoms with Crippen molar-refractivity contribution in [3.05, 3.63) is 48.3 Å². The maximum absolute atomic E-state index is 10.8. The maximum Gasteiger partial charge on any atom is 0.354 e. The molecule has 0 bridgehead atoms. The fourth-order valence-corrected chi connectivity index (χ4v) is 1.68. The van der Waals surface area contributed by atoms with Crippen molar-refractivity contribution in [1.82, 2.24) is 9.55 Å². The molecule has 2 aromatic rings. The van der Waals surface area contributed by atoms with Crippen molar-refractivity contribution in [2.75, 3.05) is 0 Å². The molecule has 3 rings (SSSR count). The number of allylic oxidation sites excluding steroid dienone is 4. The van der Waals surface area contributed by atoms with Gasteiger partial charge in [-0.1, -0.05) is 6.08 Å². The van der Waals surface area contributed by atoms with Gasteiger partial charge in [-0.15, -0.1) is 0 Å². The van der Waals surface area contributed by atoms with Crippen LogP contribution in [0.15, 0.2) is 42.6 Å². The van der Waals surface area contributed by atoms with Crippen LogP contribution in [0.25, 0.3) is 16.7 Å². The zero-order chi connectivity index (χ0) is 11.1. The molecular weight excluding hydrogens is 204 g/mol. The summed E-state index contributed by atoms with van der Waals surface area (Å²) in [6.07, 6.45) is 7.73. The van der Waals surface area contributed by atoms with Crippen LogP contribution in [0.4, 0.5) is 0 Å². The van der Waals surface area contributed by atoms with E-state index < -0.39 is 5.97 Å². The third-order valence-corrected chi connectivity index (χ3v) is 2.57. The minimum atomic E-state index is -1.01. The first-order valence-corrected chi connectivity index (χ1v) is 4.86. The second kappa shape index (κ2) is 3.06. The Morgan fingerprint density at radius 3 is 2.75 bits per heavy atom. The lowest BCUT2D eigenvalue weighted by atomic mass is 10.2. The lowest BCUT2D eigenvalue weighted by Crippen LogP contribution is -2.03. The lowest BCUT2D eigenvalue weighted by Gasteiger charge is -2.09. The number of fused-ring (bicyclic) bond motifs is 1. The molecule has 0 aromatic carbocycles. The fourth-order valence-electron chi connectivity index (χ4n) is 1.68. The Labute approximate surface area is 91.1 Å². The van der Waals surface area contributed by atoms with Crippen LogP contribution in [0.1, 0.15) is 10.5 Å². The average molecular weight is 212 g/mol. The van der Waals surface area contributed by atoms with Crippen LogP contribution in [-0.4, -0.2) is 20.6 Å². The Balaban J connectivity index is 2.23. The topological polar surface area (TPSA) is 55.1 Å². The molecule has 2 heterocycles. The number of hydrogen-bond acceptors (Lipinski definition) is 2. The van der Waals surface area contributed by atoms with Gasteiger partial charge in [0.15, 0.2) is 5.69 Å². The predicted molar refractivity (Wildman–Crippen MR) is 60.1 cm³/mol. The molecule has 1 N–H and O–H groups in total. The van der Waals surface area contributed by atoms with Crippen LogP contribution in [0.5, 0.6) is 0 Å². The average Bonchev–Trinajstić information content (AvgIpc) is 2.59. The van der Waals surface area contributed by atoms with Crippen LogP contribution in [0.3, 0.4) is 0 Å². The first kappa shape index (κ1) is 8.91. The Hall–Kier alpha value is -2.36. The summed E-state index contributed by atoms with van der Waals surface area (Å²) in [5.41, 5.74) is 1.76. The van der Waals surface area contributed by atoms with E-state index in [4.69, 9.17) is 5.11 Å². The Kier molecular flexibility index (Phi) is 1.71. The third-order valence-electron chi connectivity index (χ3n) is 2.57. The minimum absolute atomic E-state index is 0.0661. The molecule has 0 saturated carbocycles. The van der Waals surface area contributed by atoms with E-state index in [9.17, 15) is 4.79 Å². The largest absolute Gasteiger partial charge is 0.477 e. The summed E-state index contributed by atoms with van der Waals surface area (Å²) in [5, 5.41) is 9.82. The molecular formula is C12H8N2O2. The molecule has 0 atom stereocenters. The van der Waals surface area contributed by atoms with Crippen molar-refractivity contribution in [1.29, 1.82) is 0 Å². The van der Waals surface area contributed by atoms with E-state index in [1.807, 2.05) is 35.1 Å². The highest BCUT2D eigenvalue weighted by atomic mass is 16.4. The summed E-state index contributed by atoms with van der Waals surface area (Å²) < 4.78 is 1.88. The van der Waals surface area contributed by atoms with Gasteiger partial charge in [-0.2, -0.15) is 0 Å². The Morgan fingerprint density at radius 1 is 1.31 bits per heavy atom. The molecule has 0 aliphatic heterocycles. The van der Waals surface area contributed by atoms with Crippen molar-refractivity contribution in [3.63, 3.8) is 0 Å². The molecule has 78 valence electrons. The Morgan fingerprint density at radius 2 is 2.12 bits per heavy atom. The van der Waals surface area contributed by atoms with Gasteiger partial charge in [-0.3, -0.25) is 0 Å². The number of carboxylic acid groups (broad SMARTS) is 1. The van der Waals surface area contributed by atoms with Crippen LogP contribution >= 0.6 is 0 Å². The molecule has 16 heavy (non-hydrogen) atoms. The summed E-state index contributed by atoms with van der Waals surface area (Å²) in [6.45, 7) is 0. The van der Waals surface area contributed by atoms with Gasteiger partial charge in [0.05, 0.1) is 0 Å². The van der Waals surface area contributed by atoms with Gasteiger partial charge in [0.2, 0.25) is 0 Å². The summed E-state index contributed by atoms with van der Waals surface area (Å²) in [7, 11) is 0. The number of nitrogens with zero attached hydrogens (tertiary/aromatic N) is 2. The highest BCUT2D eigenvalue weighted by Gasteiger charge is 2.10. The summed E-state index contributed by atoms with van der Waals surface area (Å²) in [4.78, 5) is 15.0. The number of carbonyl (C=O) groups is 1. The second-order valence-corrected chi connectivity index (χ2v) is 3.55. The molecule has 2 aromatic heterocycles. The van der Waals surface area contributed by atoms with E-state index >= 15 is 0 Å². The number of pyridine rings is 1. The van der Waals surface area contributed by atoms with Crippen molar-refractivity contribution >= 4 is 22.7 Å². The molecule has 4 nitrogen and oxygen atoms in total. The molecule has 0 saturated heterocycles. The number of rotatable bonds is 2. The van der Waals surface area contributed by atoms with Crippen molar-refractivity contribution < 1.29 is 9.90 Å². The molecule has 1 aliphatic carbocycles. The number of hydrogen-bond donors (Lipinski definition) is 1. The zero-order valence-corrected chi connectivity index (χ0v) is 8.29. The lowest BCUT2D eigenvalue weighted by molar-refractivity contribution is 0.0691. The van der Waals surface area contributed by atoms with Crippen molar-refractivity contribution in [2.45, 2.75) is 0 Å². The normalized spacial score (nSPS) is 13.6. The minimum Gasteiger partial charge on any atom is -0.477 e. The SMILES string of the molecule is O=C(O)c1ccc2ccn(C3=CC=C3)c2n1. The number of carboxylic acids is 1. The molecule has 0 radical (unpaired) electrons. The van der Waals surface area contributed by atoms with Crippen LogP contribution in [0.2, 0.25) is 0 Å². The van der Waals surface area contributed by atoms with E-state index in [1.165, 1.54) is 6.07 Å². The first-order valence-electron chi connectivity index (χ1n) is 4.86. The number of aromatic nitrogens is 2. The van der Waals surface area contributed by atoms with Gasteiger partial charge < -0.3 is 9.67 Å². The molecule has 0 unspecified atom stereocenters. The smallest absolute Gasteiger partial charge is 0.354 e. The predicted octanol–water partition coefficient (Wildman–Crippen LogP) is 2.15. The Bertz CT molecular complexity index is 650. The van der Waals surface area contributed by atoms with Crippen molar-refractivity contribution in [2.24, 2.45) is 0 Å². The third kappa shape index (κ3) is 1.16. The van der Waals surface area contributed by atoms with E-state index in [-0.39, 0.29) is 5.69 Å². The van der Waals surface area contributed by atoms with Gasteiger partial charge in [-0.05, 0) is 30.4 Å². The quantitative estimate of drug-likeness (QED) is 0.829. The first-order chi connectivity index (χ1) is 7.75. The van der Waals surface area contributed by atoms with E-state index in [0.29, 0.717) is 5.65 Å².